The summed E-state index contributed by atoms with van der Waals surface area (Å²) in [7, 11) is 0. The van der Waals surface area contributed by atoms with Gasteiger partial charge in [0.05, 0.1) is 6.54 Å². The topological polar surface area (TPSA) is 139 Å². The van der Waals surface area contributed by atoms with Gasteiger partial charge < -0.3 is 20.2 Å². The van der Waals surface area contributed by atoms with Gasteiger partial charge in [-0.3, -0.25) is 19.6 Å². The van der Waals surface area contributed by atoms with E-state index in [0.717, 1.165) is 12.0 Å². The zero-order chi connectivity index (χ0) is 29.3. The number of carboxylic acids is 1. The zero-order valence-electron chi connectivity index (χ0n) is 21.6. The number of nitrogens with zero attached hydrogens (tertiary/aromatic N) is 2. The SMILES string of the molecule is O=C(NO)c1ccc(CCC(=O)N2CCN(C(=O)CNC3CC3c3ccccc3)CC2)cc1.O=C(O)C(F)(F)F. The Labute approximate surface area is 228 Å². The maximum absolute atomic E-state index is 12.6. The average molecular weight is 565 g/mol. The van der Waals surface area contributed by atoms with Crippen molar-refractivity contribution < 1.29 is 42.7 Å². The number of nitrogens with one attached hydrogen (secondary N) is 2. The molecule has 1 saturated heterocycles. The number of hydroxylamine groups is 1. The molecule has 2 aliphatic rings. The number of hydrogen-bond donors (Lipinski definition) is 4. The summed E-state index contributed by atoms with van der Waals surface area (Å²) in [6, 6.07) is 17.5. The quantitative estimate of drug-likeness (QED) is 0.285. The first-order valence-electron chi connectivity index (χ1n) is 12.7. The maximum atomic E-state index is 12.6. The van der Waals surface area contributed by atoms with E-state index in [4.69, 9.17) is 15.1 Å². The van der Waals surface area contributed by atoms with Gasteiger partial charge >= 0.3 is 12.1 Å². The summed E-state index contributed by atoms with van der Waals surface area (Å²) < 4.78 is 31.7. The number of carbonyl (C=O) groups is 4. The second-order valence-corrected chi connectivity index (χ2v) is 9.44. The fourth-order valence-corrected chi connectivity index (χ4v) is 4.32. The molecule has 2 fully saturated rings. The van der Waals surface area contributed by atoms with Crippen molar-refractivity contribution in [3.63, 3.8) is 0 Å². The highest BCUT2D eigenvalue weighted by atomic mass is 19.4. The molecule has 0 aromatic heterocycles. The molecule has 1 aliphatic carbocycles. The van der Waals surface area contributed by atoms with Crippen molar-refractivity contribution in [2.75, 3.05) is 32.7 Å². The van der Waals surface area contributed by atoms with E-state index in [9.17, 15) is 27.6 Å². The average Bonchev–Trinajstić information content (AvgIpc) is 3.74. The lowest BCUT2D eigenvalue weighted by Gasteiger charge is -2.35. The molecule has 2 aromatic rings. The van der Waals surface area contributed by atoms with Crippen LogP contribution in [0.25, 0.3) is 0 Å². The number of aliphatic carboxylic acids is 1. The molecule has 4 N–H and O–H groups in total. The van der Waals surface area contributed by atoms with Crippen molar-refractivity contribution >= 4 is 23.7 Å². The van der Waals surface area contributed by atoms with E-state index in [1.165, 1.54) is 5.56 Å². The molecule has 0 bridgehead atoms. The third-order valence-corrected chi connectivity index (χ3v) is 6.71. The van der Waals surface area contributed by atoms with Crippen molar-refractivity contribution in [2.45, 2.75) is 37.4 Å². The molecule has 3 amide bonds. The molecule has 2 atom stereocenters. The molecule has 216 valence electrons. The second-order valence-electron chi connectivity index (χ2n) is 9.44. The van der Waals surface area contributed by atoms with Gasteiger partial charge in [-0.1, -0.05) is 42.5 Å². The van der Waals surface area contributed by atoms with Crippen LogP contribution in [0, 0.1) is 0 Å². The highest BCUT2D eigenvalue weighted by molar-refractivity contribution is 5.93. The van der Waals surface area contributed by atoms with E-state index in [2.05, 4.69) is 17.4 Å². The number of alkyl halides is 3. The molecule has 1 heterocycles. The summed E-state index contributed by atoms with van der Waals surface area (Å²) in [5.74, 6) is -2.66. The summed E-state index contributed by atoms with van der Waals surface area (Å²) in [6.45, 7) is 2.56. The summed E-state index contributed by atoms with van der Waals surface area (Å²) in [6.07, 6.45) is -3.06. The first kappa shape index (κ1) is 30.6. The molecule has 13 heteroatoms. The summed E-state index contributed by atoms with van der Waals surface area (Å²) in [4.78, 5) is 49.1. The first-order chi connectivity index (χ1) is 19.0. The fourth-order valence-electron chi connectivity index (χ4n) is 4.32. The van der Waals surface area contributed by atoms with Crippen molar-refractivity contribution in [2.24, 2.45) is 0 Å². The van der Waals surface area contributed by atoms with Crippen LogP contribution >= 0.6 is 0 Å². The van der Waals surface area contributed by atoms with Gasteiger partial charge in [0.15, 0.2) is 0 Å². The van der Waals surface area contributed by atoms with Gasteiger partial charge in [-0.05, 0) is 36.1 Å². The lowest BCUT2D eigenvalue weighted by atomic mass is 10.1. The van der Waals surface area contributed by atoms with E-state index in [1.54, 1.807) is 29.7 Å². The third kappa shape index (κ3) is 9.06. The van der Waals surface area contributed by atoms with Gasteiger partial charge in [0.25, 0.3) is 5.91 Å². The zero-order valence-corrected chi connectivity index (χ0v) is 21.6. The van der Waals surface area contributed by atoms with E-state index in [1.807, 2.05) is 28.0 Å². The van der Waals surface area contributed by atoms with Crippen molar-refractivity contribution in [3.05, 3.63) is 71.3 Å². The van der Waals surface area contributed by atoms with Crippen LogP contribution in [-0.4, -0.2) is 88.7 Å². The normalized spacial score (nSPS) is 18.3. The molecule has 0 spiro atoms. The number of hydrogen-bond acceptors (Lipinski definition) is 6. The van der Waals surface area contributed by atoms with E-state index in [0.29, 0.717) is 63.1 Å². The van der Waals surface area contributed by atoms with Crippen LogP contribution in [0.15, 0.2) is 54.6 Å². The molecule has 4 rings (SSSR count). The first-order valence-corrected chi connectivity index (χ1v) is 12.7. The molecule has 1 saturated carbocycles. The number of piperazine rings is 1. The van der Waals surface area contributed by atoms with Gasteiger partial charge in [0, 0.05) is 50.1 Å². The van der Waals surface area contributed by atoms with Crippen molar-refractivity contribution in [1.29, 1.82) is 0 Å². The van der Waals surface area contributed by atoms with Crippen molar-refractivity contribution in [1.82, 2.24) is 20.6 Å². The van der Waals surface area contributed by atoms with Crippen LogP contribution in [0.5, 0.6) is 0 Å². The third-order valence-electron chi connectivity index (χ3n) is 6.71. The number of rotatable bonds is 8. The monoisotopic (exact) mass is 564 g/mol. The summed E-state index contributed by atoms with van der Waals surface area (Å²) >= 11 is 0. The Morgan fingerprint density at radius 1 is 0.875 bits per heavy atom. The highest BCUT2D eigenvalue weighted by Gasteiger charge is 2.39. The van der Waals surface area contributed by atoms with E-state index < -0.39 is 18.1 Å². The highest BCUT2D eigenvalue weighted by Crippen LogP contribution is 2.40. The number of carbonyl (C=O) groups excluding carboxylic acids is 3. The van der Waals surface area contributed by atoms with Crippen molar-refractivity contribution in [3.8, 4) is 0 Å². The maximum Gasteiger partial charge on any atom is 0.490 e. The summed E-state index contributed by atoms with van der Waals surface area (Å²) in [5.41, 5.74) is 4.23. The summed E-state index contributed by atoms with van der Waals surface area (Å²) in [5, 5.41) is 19.2. The Bertz CT molecular complexity index is 1170. The predicted molar refractivity (Wildman–Crippen MR) is 136 cm³/mol. The van der Waals surface area contributed by atoms with Gasteiger partial charge in [0.2, 0.25) is 11.8 Å². The second kappa shape index (κ2) is 13.9. The Morgan fingerprint density at radius 2 is 1.43 bits per heavy atom. The molecule has 40 heavy (non-hydrogen) atoms. The number of halogens is 3. The lowest BCUT2D eigenvalue weighted by Crippen LogP contribution is -2.52. The molecule has 0 radical (unpaired) electrons. The number of carboxylic acid groups (broad SMARTS) is 1. The van der Waals surface area contributed by atoms with E-state index >= 15 is 0 Å². The van der Waals surface area contributed by atoms with Gasteiger partial charge in [-0.15, -0.1) is 0 Å². The minimum atomic E-state index is -5.08. The fraction of sp³-hybridized carbons (Fsp3) is 0.407. The standard InChI is InChI=1S/C25H30N4O4.C2HF3O2/c30-23(11-8-18-6-9-20(10-7-18)25(32)27-33)28-12-14-29(15-13-28)24(31)17-26-22-16-21(22)19-4-2-1-3-5-19;3-2(4,5)1(6)7/h1-7,9-10,21-22,26,33H,8,11-17H2,(H,27,32);(H,6,7). The largest absolute Gasteiger partial charge is 0.490 e. The Balaban J connectivity index is 0.000000559. The molecule has 10 nitrogen and oxygen atoms in total. The van der Waals surface area contributed by atoms with Crippen LogP contribution in [0.4, 0.5) is 13.2 Å². The van der Waals surface area contributed by atoms with Gasteiger partial charge in [-0.25, -0.2) is 10.3 Å². The van der Waals surface area contributed by atoms with E-state index in [-0.39, 0.29) is 11.8 Å². The number of benzene rings is 2. The Morgan fingerprint density at radius 3 is 1.95 bits per heavy atom. The lowest BCUT2D eigenvalue weighted by molar-refractivity contribution is -0.192. The molecule has 2 aromatic carbocycles. The number of amides is 3. The molecule has 2 unspecified atom stereocenters. The minimum Gasteiger partial charge on any atom is -0.475 e. The Hall–Kier alpha value is -3.97. The Kier molecular flexibility index (Phi) is 10.6. The van der Waals surface area contributed by atoms with Crippen LogP contribution in [0.1, 0.15) is 40.2 Å². The molecule has 1 aliphatic heterocycles. The number of aryl methyl sites for hydroxylation is 1. The minimum absolute atomic E-state index is 0.0704. The van der Waals surface area contributed by atoms with Crippen LogP contribution in [0.3, 0.4) is 0 Å². The van der Waals surface area contributed by atoms with Crippen LogP contribution < -0.4 is 10.8 Å². The van der Waals surface area contributed by atoms with Crippen LogP contribution in [-0.2, 0) is 20.8 Å². The molecular weight excluding hydrogens is 533 g/mol. The van der Waals surface area contributed by atoms with Crippen LogP contribution in [0.2, 0.25) is 0 Å². The van der Waals surface area contributed by atoms with Gasteiger partial charge in [0.1, 0.15) is 0 Å². The predicted octanol–water partition coefficient (Wildman–Crippen LogP) is 2.19. The molecular formula is C27H31F3N4O6. The van der Waals surface area contributed by atoms with Gasteiger partial charge in [-0.2, -0.15) is 13.2 Å². The smallest absolute Gasteiger partial charge is 0.475 e.